The Labute approximate surface area is 215 Å². The molecule has 0 spiro atoms. The molecule has 1 saturated heterocycles. The highest BCUT2D eigenvalue weighted by molar-refractivity contribution is 9.10. The average molecular weight is 556 g/mol. The molecule has 0 unspecified atom stereocenters. The number of aryl methyl sites for hydroxylation is 1. The third-order valence-electron chi connectivity index (χ3n) is 5.35. The maximum atomic E-state index is 13.2. The Morgan fingerprint density at radius 1 is 1.06 bits per heavy atom. The number of barbiturate groups is 1. The fourth-order valence-electron chi connectivity index (χ4n) is 3.59. The van der Waals surface area contributed by atoms with Crippen molar-refractivity contribution in [3.8, 4) is 11.5 Å². The standard InChI is InChI=1S/C26H20BrClN2O5/c1-15-7-3-6-10-21(15)30-25(32)18(24(31)29-26(30)33)11-16-12-20(28)23(22(13-16)34-2)35-14-17-8-4-5-9-19(17)27/h3-13H,14H2,1-2H3,(H,29,31,33)/b18-11+. The molecule has 0 bridgehead atoms. The summed E-state index contributed by atoms with van der Waals surface area (Å²) in [7, 11) is 1.46. The second-order valence-corrected chi connectivity index (χ2v) is 8.92. The van der Waals surface area contributed by atoms with E-state index in [4.69, 9.17) is 21.1 Å². The number of nitrogens with zero attached hydrogens (tertiary/aromatic N) is 1. The first-order chi connectivity index (χ1) is 16.8. The van der Waals surface area contributed by atoms with Crippen LogP contribution in [0.25, 0.3) is 6.08 Å². The number of carbonyl (C=O) groups excluding carboxylic acids is 3. The zero-order valence-electron chi connectivity index (χ0n) is 18.8. The van der Waals surface area contributed by atoms with Crippen LogP contribution in [0.15, 0.2) is 70.7 Å². The number of benzene rings is 3. The first-order valence-corrected chi connectivity index (χ1v) is 11.7. The first kappa shape index (κ1) is 24.5. The van der Waals surface area contributed by atoms with Crippen molar-refractivity contribution in [1.29, 1.82) is 0 Å². The number of urea groups is 1. The van der Waals surface area contributed by atoms with Gasteiger partial charge in [-0.15, -0.1) is 0 Å². The van der Waals surface area contributed by atoms with Crippen LogP contribution in [0.3, 0.4) is 0 Å². The number of methoxy groups -OCH3 is 1. The molecule has 0 atom stereocenters. The minimum atomic E-state index is -0.808. The Morgan fingerprint density at radius 2 is 1.77 bits per heavy atom. The SMILES string of the molecule is COc1cc(/C=C2\C(=O)NC(=O)N(c3ccccc3C)C2=O)cc(Cl)c1OCc1ccccc1Br. The molecule has 3 aromatic rings. The van der Waals surface area contributed by atoms with E-state index in [0.29, 0.717) is 28.3 Å². The van der Waals surface area contributed by atoms with Gasteiger partial charge >= 0.3 is 6.03 Å². The lowest BCUT2D eigenvalue weighted by molar-refractivity contribution is -0.122. The Kier molecular flexibility index (Phi) is 7.23. The van der Waals surface area contributed by atoms with Crippen molar-refractivity contribution in [2.24, 2.45) is 0 Å². The number of anilines is 1. The highest BCUT2D eigenvalue weighted by Crippen LogP contribution is 2.38. The maximum Gasteiger partial charge on any atom is 0.335 e. The van der Waals surface area contributed by atoms with Gasteiger partial charge in [-0.25, -0.2) is 9.69 Å². The molecule has 9 heteroatoms. The zero-order valence-corrected chi connectivity index (χ0v) is 21.1. The van der Waals surface area contributed by atoms with Crippen molar-refractivity contribution < 1.29 is 23.9 Å². The molecular weight excluding hydrogens is 536 g/mol. The average Bonchev–Trinajstić information content (AvgIpc) is 2.83. The summed E-state index contributed by atoms with van der Waals surface area (Å²) in [5, 5.41) is 2.45. The molecular formula is C26H20BrClN2O5. The third kappa shape index (κ3) is 5.08. The molecule has 1 fully saturated rings. The van der Waals surface area contributed by atoms with E-state index in [9.17, 15) is 14.4 Å². The monoisotopic (exact) mass is 554 g/mol. The molecule has 178 valence electrons. The van der Waals surface area contributed by atoms with Gasteiger partial charge in [0.15, 0.2) is 11.5 Å². The highest BCUT2D eigenvalue weighted by atomic mass is 79.9. The van der Waals surface area contributed by atoms with Crippen molar-refractivity contribution in [3.63, 3.8) is 0 Å². The number of para-hydroxylation sites is 1. The second-order valence-electron chi connectivity index (χ2n) is 7.66. The van der Waals surface area contributed by atoms with Crippen LogP contribution in [0.5, 0.6) is 11.5 Å². The fourth-order valence-corrected chi connectivity index (χ4v) is 4.26. The quantitative estimate of drug-likeness (QED) is 0.313. The van der Waals surface area contributed by atoms with Crippen LogP contribution in [0.1, 0.15) is 16.7 Å². The van der Waals surface area contributed by atoms with E-state index in [1.807, 2.05) is 24.3 Å². The van der Waals surface area contributed by atoms with E-state index in [1.54, 1.807) is 43.3 Å². The lowest BCUT2D eigenvalue weighted by Crippen LogP contribution is -2.54. The Balaban J connectivity index is 1.66. The Hall–Kier alpha value is -3.62. The summed E-state index contributed by atoms with van der Waals surface area (Å²) < 4.78 is 12.3. The van der Waals surface area contributed by atoms with Crippen molar-refractivity contribution in [2.75, 3.05) is 12.0 Å². The van der Waals surface area contributed by atoms with Crippen LogP contribution in [0.2, 0.25) is 5.02 Å². The van der Waals surface area contributed by atoms with E-state index >= 15 is 0 Å². The fraction of sp³-hybridized carbons (Fsp3) is 0.115. The van der Waals surface area contributed by atoms with Crippen molar-refractivity contribution in [3.05, 3.63) is 92.4 Å². The number of halogens is 2. The van der Waals surface area contributed by atoms with Gasteiger partial charge in [0.05, 0.1) is 17.8 Å². The van der Waals surface area contributed by atoms with Gasteiger partial charge in [0.2, 0.25) is 0 Å². The largest absolute Gasteiger partial charge is 0.493 e. The number of rotatable bonds is 6. The first-order valence-electron chi connectivity index (χ1n) is 10.5. The molecule has 0 radical (unpaired) electrons. The molecule has 0 aromatic heterocycles. The molecule has 7 nitrogen and oxygen atoms in total. The molecule has 4 amide bonds. The summed E-state index contributed by atoms with van der Waals surface area (Å²) in [6.07, 6.45) is 1.36. The second kappa shape index (κ2) is 10.3. The summed E-state index contributed by atoms with van der Waals surface area (Å²) >= 11 is 9.96. The molecule has 1 N–H and O–H groups in total. The molecule has 0 saturated carbocycles. The van der Waals surface area contributed by atoms with Crippen LogP contribution in [-0.2, 0) is 16.2 Å². The zero-order chi connectivity index (χ0) is 25.1. The molecule has 1 aliphatic rings. The van der Waals surface area contributed by atoms with Crippen LogP contribution in [0, 0.1) is 6.92 Å². The van der Waals surface area contributed by atoms with Gasteiger partial charge in [0.1, 0.15) is 12.2 Å². The number of nitrogens with one attached hydrogen (secondary N) is 1. The number of hydrogen-bond acceptors (Lipinski definition) is 5. The highest BCUT2D eigenvalue weighted by Gasteiger charge is 2.37. The smallest absolute Gasteiger partial charge is 0.335 e. The summed E-state index contributed by atoms with van der Waals surface area (Å²) in [5.41, 5.74) is 2.23. The van der Waals surface area contributed by atoms with Gasteiger partial charge < -0.3 is 9.47 Å². The number of hydrogen-bond donors (Lipinski definition) is 1. The predicted molar refractivity (Wildman–Crippen MR) is 137 cm³/mol. The van der Waals surface area contributed by atoms with Gasteiger partial charge in [-0.3, -0.25) is 14.9 Å². The summed E-state index contributed by atoms with van der Waals surface area (Å²) in [6, 6.07) is 16.9. The van der Waals surface area contributed by atoms with Gasteiger partial charge in [-0.2, -0.15) is 0 Å². The van der Waals surface area contributed by atoms with Crippen molar-refractivity contribution in [1.82, 2.24) is 5.32 Å². The maximum absolute atomic E-state index is 13.2. The molecule has 4 rings (SSSR count). The lowest BCUT2D eigenvalue weighted by Gasteiger charge is -2.27. The van der Waals surface area contributed by atoms with E-state index < -0.39 is 17.8 Å². The number of ether oxygens (including phenoxy) is 2. The normalized spacial score (nSPS) is 14.8. The minimum absolute atomic E-state index is 0.215. The van der Waals surface area contributed by atoms with Gasteiger partial charge in [0.25, 0.3) is 11.8 Å². The van der Waals surface area contributed by atoms with E-state index in [2.05, 4.69) is 21.2 Å². The van der Waals surface area contributed by atoms with Crippen molar-refractivity contribution in [2.45, 2.75) is 13.5 Å². The van der Waals surface area contributed by atoms with E-state index in [0.717, 1.165) is 14.9 Å². The van der Waals surface area contributed by atoms with Gasteiger partial charge in [-0.05, 0) is 48.4 Å². The third-order valence-corrected chi connectivity index (χ3v) is 6.41. The van der Waals surface area contributed by atoms with Crippen LogP contribution >= 0.6 is 27.5 Å². The van der Waals surface area contributed by atoms with E-state index in [1.165, 1.54) is 13.2 Å². The molecule has 0 aliphatic carbocycles. The topological polar surface area (TPSA) is 84.9 Å². The molecule has 3 aromatic carbocycles. The lowest BCUT2D eigenvalue weighted by atomic mass is 10.1. The molecule has 35 heavy (non-hydrogen) atoms. The van der Waals surface area contributed by atoms with Crippen LogP contribution in [0.4, 0.5) is 10.5 Å². The minimum Gasteiger partial charge on any atom is -0.493 e. The van der Waals surface area contributed by atoms with Crippen LogP contribution < -0.4 is 19.7 Å². The Bertz CT molecular complexity index is 1370. The Morgan fingerprint density at radius 3 is 2.49 bits per heavy atom. The number of amides is 4. The molecule has 1 heterocycles. The van der Waals surface area contributed by atoms with Gasteiger partial charge in [0, 0.05) is 10.0 Å². The van der Waals surface area contributed by atoms with Crippen molar-refractivity contribution >= 4 is 57.1 Å². The predicted octanol–water partition coefficient (Wildman–Crippen LogP) is 5.66. The number of carbonyl (C=O) groups is 3. The van der Waals surface area contributed by atoms with Crippen LogP contribution in [-0.4, -0.2) is 25.0 Å². The summed E-state index contributed by atoms with van der Waals surface area (Å²) in [5.74, 6) is -0.887. The summed E-state index contributed by atoms with van der Waals surface area (Å²) in [4.78, 5) is 39.1. The summed E-state index contributed by atoms with van der Waals surface area (Å²) in [6.45, 7) is 2.01. The molecule has 1 aliphatic heterocycles. The number of imide groups is 2. The van der Waals surface area contributed by atoms with Gasteiger partial charge in [-0.1, -0.05) is 63.9 Å². The van der Waals surface area contributed by atoms with E-state index in [-0.39, 0.29) is 17.2 Å².